The SMILES string of the molecule is CCC(N)Cc1ccc(N2CCCC2C(C)C)c(Br)c1. The van der Waals surface area contributed by atoms with Crippen molar-refractivity contribution in [2.24, 2.45) is 11.7 Å². The summed E-state index contributed by atoms with van der Waals surface area (Å²) in [6, 6.07) is 7.70. The summed E-state index contributed by atoms with van der Waals surface area (Å²) in [5.74, 6) is 0.706. The maximum absolute atomic E-state index is 6.05. The number of nitrogens with two attached hydrogens (primary N) is 1. The molecule has 2 unspecified atom stereocenters. The molecule has 0 radical (unpaired) electrons. The minimum Gasteiger partial charge on any atom is -0.367 e. The highest BCUT2D eigenvalue weighted by Crippen LogP contribution is 2.35. The van der Waals surface area contributed by atoms with Crippen LogP contribution >= 0.6 is 15.9 Å². The molecular formula is C17H27BrN2. The molecule has 0 aromatic heterocycles. The molecule has 112 valence electrons. The summed E-state index contributed by atoms with van der Waals surface area (Å²) in [4.78, 5) is 2.57. The van der Waals surface area contributed by atoms with Gasteiger partial charge >= 0.3 is 0 Å². The molecule has 2 rings (SSSR count). The Kier molecular flexibility index (Phi) is 5.50. The lowest BCUT2D eigenvalue weighted by Gasteiger charge is -2.30. The van der Waals surface area contributed by atoms with Crippen molar-refractivity contribution in [2.75, 3.05) is 11.4 Å². The van der Waals surface area contributed by atoms with Crippen LogP contribution in [0, 0.1) is 5.92 Å². The zero-order chi connectivity index (χ0) is 14.7. The van der Waals surface area contributed by atoms with E-state index in [0.29, 0.717) is 12.0 Å². The second-order valence-corrected chi connectivity index (χ2v) is 7.16. The Bertz CT molecular complexity index is 445. The van der Waals surface area contributed by atoms with Gasteiger partial charge in [0.15, 0.2) is 0 Å². The van der Waals surface area contributed by atoms with E-state index >= 15 is 0 Å². The van der Waals surface area contributed by atoms with Crippen LogP contribution in [0.2, 0.25) is 0 Å². The van der Waals surface area contributed by atoms with Crippen LogP contribution in [0.4, 0.5) is 5.69 Å². The average Bonchev–Trinajstić information content (AvgIpc) is 2.88. The van der Waals surface area contributed by atoms with Crippen molar-refractivity contribution in [1.29, 1.82) is 0 Å². The molecule has 20 heavy (non-hydrogen) atoms. The highest BCUT2D eigenvalue weighted by atomic mass is 79.9. The molecule has 1 aliphatic heterocycles. The van der Waals surface area contributed by atoms with E-state index in [4.69, 9.17) is 5.73 Å². The molecule has 1 aliphatic rings. The summed E-state index contributed by atoms with van der Waals surface area (Å²) in [6.07, 6.45) is 4.61. The van der Waals surface area contributed by atoms with Crippen molar-refractivity contribution in [3.63, 3.8) is 0 Å². The second kappa shape index (κ2) is 6.95. The molecule has 1 aromatic carbocycles. The number of hydrogen-bond acceptors (Lipinski definition) is 2. The van der Waals surface area contributed by atoms with Gasteiger partial charge in [-0.1, -0.05) is 26.8 Å². The molecule has 2 atom stereocenters. The number of rotatable bonds is 5. The Hall–Kier alpha value is -0.540. The Morgan fingerprint density at radius 1 is 1.40 bits per heavy atom. The van der Waals surface area contributed by atoms with Crippen LogP contribution in [0.15, 0.2) is 22.7 Å². The van der Waals surface area contributed by atoms with Crippen molar-refractivity contribution in [3.05, 3.63) is 28.2 Å². The highest BCUT2D eigenvalue weighted by molar-refractivity contribution is 9.10. The van der Waals surface area contributed by atoms with Gasteiger partial charge in [-0.2, -0.15) is 0 Å². The first-order valence-corrected chi connectivity index (χ1v) is 8.62. The predicted octanol–water partition coefficient (Wildman–Crippen LogP) is 4.35. The maximum atomic E-state index is 6.05. The zero-order valence-corrected chi connectivity index (χ0v) is 14.5. The van der Waals surface area contributed by atoms with Gasteiger partial charge in [-0.3, -0.25) is 0 Å². The average molecular weight is 339 g/mol. The van der Waals surface area contributed by atoms with E-state index in [1.807, 2.05) is 0 Å². The van der Waals surface area contributed by atoms with Crippen molar-refractivity contribution in [3.8, 4) is 0 Å². The van der Waals surface area contributed by atoms with Crippen LogP contribution in [0.5, 0.6) is 0 Å². The quantitative estimate of drug-likeness (QED) is 0.864. The van der Waals surface area contributed by atoms with Gasteiger partial charge in [0.2, 0.25) is 0 Å². The molecule has 1 aromatic rings. The first-order chi connectivity index (χ1) is 9.52. The lowest BCUT2D eigenvalue weighted by molar-refractivity contribution is 0.491. The largest absolute Gasteiger partial charge is 0.367 e. The van der Waals surface area contributed by atoms with Gasteiger partial charge in [-0.15, -0.1) is 0 Å². The Balaban J connectivity index is 2.17. The predicted molar refractivity (Wildman–Crippen MR) is 91.3 cm³/mol. The topological polar surface area (TPSA) is 29.3 Å². The highest BCUT2D eigenvalue weighted by Gasteiger charge is 2.28. The third kappa shape index (κ3) is 3.56. The first kappa shape index (κ1) is 15.8. The lowest BCUT2D eigenvalue weighted by Crippen LogP contribution is -2.33. The van der Waals surface area contributed by atoms with E-state index in [2.05, 4.69) is 59.8 Å². The minimum absolute atomic E-state index is 0.267. The number of nitrogens with zero attached hydrogens (tertiary/aromatic N) is 1. The summed E-state index contributed by atoms with van der Waals surface area (Å²) in [6.45, 7) is 7.97. The first-order valence-electron chi connectivity index (χ1n) is 7.83. The van der Waals surface area contributed by atoms with Gasteiger partial charge in [-0.25, -0.2) is 0 Å². The standard InChI is InChI=1S/C17H27BrN2/c1-4-14(19)10-13-7-8-17(15(18)11-13)20-9-5-6-16(20)12(2)3/h7-8,11-12,14,16H,4-6,9-10,19H2,1-3H3. The zero-order valence-electron chi connectivity index (χ0n) is 12.9. The molecule has 2 nitrogen and oxygen atoms in total. The van der Waals surface area contributed by atoms with Crippen LogP contribution in [0.1, 0.15) is 45.6 Å². The van der Waals surface area contributed by atoms with E-state index < -0.39 is 0 Å². The molecule has 0 amide bonds. The summed E-state index contributed by atoms with van der Waals surface area (Å²) in [5, 5.41) is 0. The molecule has 2 N–H and O–H groups in total. The van der Waals surface area contributed by atoms with E-state index in [9.17, 15) is 0 Å². The molecular weight excluding hydrogens is 312 g/mol. The minimum atomic E-state index is 0.267. The fraction of sp³-hybridized carbons (Fsp3) is 0.647. The fourth-order valence-electron chi connectivity index (χ4n) is 3.14. The van der Waals surface area contributed by atoms with Crippen molar-refractivity contribution in [1.82, 2.24) is 0 Å². The smallest absolute Gasteiger partial charge is 0.0513 e. The maximum Gasteiger partial charge on any atom is 0.0513 e. The second-order valence-electron chi connectivity index (χ2n) is 6.31. The third-order valence-electron chi connectivity index (χ3n) is 4.41. The molecule has 0 spiro atoms. The molecule has 0 aliphatic carbocycles. The fourth-order valence-corrected chi connectivity index (χ4v) is 3.80. The van der Waals surface area contributed by atoms with Crippen LogP contribution in [-0.4, -0.2) is 18.6 Å². The molecule has 1 saturated heterocycles. The number of hydrogen-bond donors (Lipinski definition) is 1. The summed E-state index contributed by atoms with van der Waals surface area (Å²) < 4.78 is 1.21. The van der Waals surface area contributed by atoms with Crippen LogP contribution in [0.25, 0.3) is 0 Å². The van der Waals surface area contributed by atoms with Gasteiger partial charge in [0.25, 0.3) is 0 Å². The normalized spacial score (nSPS) is 20.7. The number of benzene rings is 1. The van der Waals surface area contributed by atoms with Crippen LogP contribution in [0.3, 0.4) is 0 Å². The van der Waals surface area contributed by atoms with E-state index in [0.717, 1.165) is 12.8 Å². The Morgan fingerprint density at radius 2 is 2.15 bits per heavy atom. The van der Waals surface area contributed by atoms with E-state index in [1.165, 1.54) is 35.1 Å². The van der Waals surface area contributed by atoms with Crippen LogP contribution in [-0.2, 0) is 6.42 Å². The van der Waals surface area contributed by atoms with E-state index in [1.54, 1.807) is 0 Å². The van der Waals surface area contributed by atoms with E-state index in [-0.39, 0.29) is 6.04 Å². The Labute approximate surface area is 131 Å². The van der Waals surface area contributed by atoms with Gasteiger partial charge in [0.1, 0.15) is 0 Å². The molecule has 0 bridgehead atoms. The molecule has 3 heteroatoms. The summed E-state index contributed by atoms with van der Waals surface area (Å²) >= 11 is 3.76. The molecule has 1 fully saturated rings. The van der Waals surface area contributed by atoms with Crippen molar-refractivity contribution in [2.45, 2.75) is 58.5 Å². The Morgan fingerprint density at radius 3 is 2.75 bits per heavy atom. The molecule has 1 heterocycles. The third-order valence-corrected chi connectivity index (χ3v) is 5.05. The van der Waals surface area contributed by atoms with Crippen molar-refractivity contribution >= 4 is 21.6 Å². The van der Waals surface area contributed by atoms with Gasteiger partial charge in [0, 0.05) is 23.1 Å². The van der Waals surface area contributed by atoms with Gasteiger partial charge in [-0.05, 0) is 65.2 Å². The number of halogens is 1. The molecule has 0 saturated carbocycles. The number of anilines is 1. The van der Waals surface area contributed by atoms with Crippen LogP contribution < -0.4 is 10.6 Å². The van der Waals surface area contributed by atoms with Gasteiger partial charge in [0.05, 0.1) is 5.69 Å². The summed E-state index contributed by atoms with van der Waals surface area (Å²) in [5.41, 5.74) is 8.72. The lowest BCUT2D eigenvalue weighted by atomic mass is 10.0. The van der Waals surface area contributed by atoms with Crippen molar-refractivity contribution < 1.29 is 0 Å². The summed E-state index contributed by atoms with van der Waals surface area (Å²) in [7, 11) is 0. The monoisotopic (exact) mass is 338 g/mol. The van der Waals surface area contributed by atoms with Gasteiger partial charge < -0.3 is 10.6 Å².